The van der Waals surface area contributed by atoms with Gasteiger partial charge in [-0.25, -0.2) is 0 Å². The van der Waals surface area contributed by atoms with E-state index in [1.807, 2.05) is 13.0 Å². The molecule has 0 saturated carbocycles. The number of esters is 1. The Balaban J connectivity index is 4.70. The molecule has 0 N–H and O–H groups in total. The molecule has 3 heteroatoms. The molecule has 0 aromatic rings. The molecular formula is C12H20O3. The molecule has 1 unspecified atom stereocenters. The molecule has 0 fully saturated rings. The Hall–Kier alpha value is -1.12. The first-order valence-electron chi connectivity index (χ1n) is 5.48. The Morgan fingerprint density at radius 3 is 2.27 bits per heavy atom. The molecule has 0 amide bonds. The van der Waals surface area contributed by atoms with E-state index < -0.39 is 5.92 Å². The maximum absolute atomic E-state index is 11.6. The Morgan fingerprint density at radius 1 is 1.27 bits per heavy atom. The zero-order chi connectivity index (χ0) is 11.8. The summed E-state index contributed by atoms with van der Waals surface area (Å²) in [6, 6.07) is 0. The average Bonchev–Trinajstić information content (AvgIpc) is 2.24. The molecule has 3 nitrogen and oxygen atoms in total. The minimum Gasteiger partial charge on any atom is -0.466 e. The summed E-state index contributed by atoms with van der Waals surface area (Å²) in [4.78, 5) is 23.0. The van der Waals surface area contributed by atoms with Crippen molar-refractivity contribution in [1.82, 2.24) is 0 Å². The van der Waals surface area contributed by atoms with Gasteiger partial charge in [-0.3, -0.25) is 9.59 Å². The summed E-state index contributed by atoms with van der Waals surface area (Å²) in [5.41, 5.74) is 0.582. The van der Waals surface area contributed by atoms with E-state index in [9.17, 15) is 9.59 Å². The number of ether oxygens (including phenoxy) is 1. The minimum absolute atomic E-state index is 0.0254. The van der Waals surface area contributed by atoms with Gasteiger partial charge in [-0.2, -0.15) is 0 Å². The van der Waals surface area contributed by atoms with Gasteiger partial charge in [-0.15, -0.1) is 0 Å². The second-order valence-corrected chi connectivity index (χ2v) is 3.32. The number of allylic oxidation sites excluding steroid dienone is 1. The highest BCUT2D eigenvalue weighted by Crippen LogP contribution is 2.16. The van der Waals surface area contributed by atoms with E-state index in [1.165, 1.54) is 0 Å². The van der Waals surface area contributed by atoms with Crippen molar-refractivity contribution in [2.75, 3.05) is 6.61 Å². The van der Waals surface area contributed by atoms with Crippen LogP contribution < -0.4 is 0 Å². The number of carbonyl (C=O) groups is 2. The second-order valence-electron chi connectivity index (χ2n) is 3.32. The van der Waals surface area contributed by atoms with Gasteiger partial charge in [0.25, 0.3) is 0 Å². The topological polar surface area (TPSA) is 43.4 Å². The maximum Gasteiger partial charge on any atom is 0.313 e. The van der Waals surface area contributed by atoms with Gasteiger partial charge in [-0.1, -0.05) is 19.9 Å². The molecule has 15 heavy (non-hydrogen) atoms. The number of hydrogen-bond donors (Lipinski definition) is 0. The first-order valence-corrected chi connectivity index (χ1v) is 5.48. The van der Waals surface area contributed by atoms with E-state index in [4.69, 9.17) is 4.74 Å². The molecule has 0 aromatic heterocycles. The molecule has 86 valence electrons. The van der Waals surface area contributed by atoms with Crippen molar-refractivity contribution in [2.24, 2.45) is 5.92 Å². The zero-order valence-corrected chi connectivity index (χ0v) is 10.0. The summed E-state index contributed by atoms with van der Waals surface area (Å²) in [7, 11) is 0. The largest absolute Gasteiger partial charge is 0.466 e. The van der Waals surface area contributed by atoms with Gasteiger partial charge in [0.15, 0.2) is 5.78 Å². The molecule has 0 aromatic carbocycles. The van der Waals surface area contributed by atoms with Crippen LogP contribution in [0.5, 0.6) is 0 Å². The third kappa shape index (κ3) is 4.28. The first kappa shape index (κ1) is 13.9. The summed E-state index contributed by atoms with van der Waals surface area (Å²) in [5, 5.41) is 0. The van der Waals surface area contributed by atoms with Gasteiger partial charge in [0, 0.05) is 12.0 Å². The molecule has 0 spiro atoms. The average molecular weight is 212 g/mol. The van der Waals surface area contributed by atoms with Crippen molar-refractivity contribution in [1.29, 1.82) is 0 Å². The summed E-state index contributed by atoms with van der Waals surface area (Å²) in [6.07, 6.45) is 2.99. The molecule has 0 bridgehead atoms. The van der Waals surface area contributed by atoms with Crippen molar-refractivity contribution < 1.29 is 14.3 Å². The smallest absolute Gasteiger partial charge is 0.313 e. The van der Waals surface area contributed by atoms with Gasteiger partial charge < -0.3 is 4.74 Å². The quantitative estimate of drug-likeness (QED) is 0.502. The normalized spacial score (nSPS) is 13.5. The highest BCUT2D eigenvalue weighted by molar-refractivity contribution is 6.00. The molecule has 0 heterocycles. The van der Waals surface area contributed by atoms with Crippen LogP contribution in [0, 0.1) is 5.92 Å². The lowest BCUT2D eigenvalue weighted by Gasteiger charge is -2.13. The fraction of sp³-hybridized carbons (Fsp3) is 0.667. The van der Waals surface area contributed by atoms with E-state index in [2.05, 4.69) is 0 Å². The standard InChI is InChI=1S/C12H20O3/c1-5-8-10(11(13)6-2)9(4)12(14)15-7-3/h8-9H,5-7H2,1-4H3/b10-8-. The Labute approximate surface area is 91.5 Å². The van der Waals surface area contributed by atoms with Crippen LogP contribution in [0.1, 0.15) is 40.5 Å². The van der Waals surface area contributed by atoms with Crippen LogP contribution in [0.25, 0.3) is 0 Å². The zero-order valence-electron chi connectivity index (χ0n) is 10.0. The van der Waals surface area contributed by atoms with E-state index >= 15 is 0 Å². The van der Waals surface area contributed by atoms with Crippen LogP contribution in [0.3, 0.4) is 0 Å². The van der Waals surface area contributed by atoms with Crippen LogP contribution in [-0.2, 0) is 14.3 Å². The molecule has 0 aliphatic heterocycles. The van der Waals surface area contributed by atoms with Gasteiger partial charge >= 0.3 is 5.97 Å². The Morgan fingerprint density at radius 2 is 1.87 bits per heavy atom. The number of hydrogen-bond acceptors (Lipinski definition) is 3. The summed E-state index contributed by atoms with van der Waals surface area (Å²) >= 11 is 0. The third-order valence-electron chi connectivity index (χ3n) is 2.17. The molecule has 1 atom stereocenters. The van der Waals surface area contributed by atoms with Crippen LogP contribution >= 0.6 is 0 Å². The van der Waals surface area contributed by atoms with E-state index in [1.54, 1.807) is 20.8 Å². The fourth-order valence-electron chi connectivity index (χ4n) is 1.35. The molecular weight excluding hydrogens is 192 g/mol. The van der Waals surface area contributed by atoms with Crippen LogP contribution in [-0.4, -0.2) is 18.4 Å². The molecule has 0 rings (SSSR count). The van der Waals surface area contributed by atoms with Gasteiger partial charge in [0.05, 0.1) is 12.5 Å². The maximum atomic E-state index is 11.6. The lowest BCUT2D eigenvalue weighted by Crippen LogP contribution is -2.21. The van der Waals surface area contributed by atoms with Gasteiger partial charge in [0.2, 0.25) is 0 Å². The van der Waals surface area contributed by atoms with Crippen molar-refractivity contribution in [2.45, 2.75) is 40.5 Å². The minimum atomic E-state index is -0.447. The predicted octanol–water partition coefficient (Wildman–Crippen LogP) is 2.50. The van der Waals surface area contributed by atoms with Gasteiger partial charge in [0.1, 0.15) is 0 Å². The predicted molar refractivity (Wildman–Crippen MR) is 59.5 cm³/mol. The molecule has 0 aliphatic rings. The number of Topliss-reactive ketones (excluding diaryl/α,β-unsaturated/α-hetero) is 1. The second kappa shape index (κ2) is 7.21. The van der Waals surface area contributed by atoms with Gasteiger partial charge in [-0.05, 0) is 20.3 Å². The van der Waals surface area contributed by atoms with Crippen molar-refractivity contribution >= 4 is 11.8 Å². The van der Waals surface area contributed by atoms with Crippen LogP contribution in [0.4, 0.5) is 0 Å². The number of ketones is 1. The third-order valence-corrected chi connectivity index (χ3v) is 2.17. The first-order chi connectivity index (χ1) is 7.08. The van der Waals surface area contributed by atoms with Crippen molar-refractivity contribution in [3.8, 4) is 0 Å². The number of rotatable bonds is 6. The van der Waals surface area contributed by atoms with Crippen LogP contribution in [0.15, 0.2) is 11.6 Å². The summed E-state index contributed by atoms with van der Waals surface area (Å²) < 4.78 is 4.89. The number of carbonyl (C=O) groups excluding carboxylic acids is 2. The molecule has 0 radical (unpaired) electrons. The lowest BCUT2D eigenvalue weighted by atomic mass is 9.95. The van der Waals surface area contributed by atoms with Crippen LogP contribution in [0.2, 0.25) is 0 Å². The fourth-order valence-corrected chi connectivity index (χ4v) is 1.35. The SMILES string of the molecule is CC/C=C(\C(=O)CC)C(C)C(=O)OCC. The monoisotopic (exact) mass is 212 g/mol. The highest BCUT2D eigenvalue weighted by atomic mass is 16.5. The molecule has 0 aliphatic carbocycles. The van der Waals surface area contributed by atoms with E-state index in [0.717, 1.165) is 6.42 Å². The van der Waals surface area contributed by atoms with Crippen molar-refractivity contribution in [3.05, 3.63) is 11.6 Å². The van der Waals surface area contributed by atoms with E-state index in [0.29, 0.717) is 18.6 Å². The lowest BCUT2D eigenvalue weighted by molar-refractivity contribution is -0.146. The summed E-state index contributed by atoms with van der Waals surface area (Å²) in [5.74, 6) is -0.742. The summed E-state index contributed by atoms with van der Waals surface area (Å²) in [6.45, 7) is 7.57. The Kier molecular flexibility index (Phi) is 6.67. The highest BCUT2D eigenvalue weighted by Gasteiger charge is 2.22. The van der Waals surface area contributed by atoms with Crippen molar-refractivity contribution in [3.63, 3.8) is 0 Å². The molecule has 0 saturated heterocycles. The Bertz CT molecular complexity index is 254. The van der Waals surface area contributed by atoms with E-state index in [-0.39, 0.29) is 11.8 Å².